The zero-order chi connectivity index (χ0) is 10.3. The molecule has 0 aliphatic rings. The quantitative estimate of drug-likeness (QED) is 0.551. The van der Waals surface area contributed by atoms with E-state index in [4.69, 9.17) is 21.3 Å². The molecule has 0 aromatic rings. The first-order valence-corrected chi connectivity index (χ1v) is 6.30. The Labute approximate surface area is 84.5 Å². The third-order valence-electron chi connectivity index (χ3n) is 1.27. The van der Waals surface area contributed by atoms with Crippen molar-refractivity contribution in [3.8, 4) is 0 Å². The van der Waals surface area contributed by atoms with Crippen molar-refractivity contribution in [2.45, 2.75) is 13.8 Å². The lowest BCUT2D eigenvalue weighted by atomic mass is 10.8. The van der Waals surface area contributed by atoms with Gasteiger partial charge in [-0.25, -0.2) is 0 Å². The van der Waals surface area contributed by atoms with Crippen LogP contribution in [0.2, 0.25) is 0 Å². The van der Waals surface area contributed by atoms with Crippen molar-refractivity contribution in [1.29, 1.82) is 0 Å². The molecule has 1 N–H and O–H groups in total. The zero-order valence-corrected chi connectivity index (χ0v) is 9.91. The fourth-order valence-electron chi connectivity index (χ4n) is 0.777. The second-order valence-electron chi connectivity index (χ2n) is 2.28. The van der Waals surface area contributed by atoms with Crippen LogP contribution in [0.4, 0.5) is 0 Å². The van der Waals surface area contributed by atoms with Gasteiger partial charge in [0, 0.05) is 7.05 Å². The summed E-state index contributed by atoms with van der Waals surface area (Å²) in [6, 6.07) is 0. The fraction of sp³-hybridized carbons (Fsp3) is 0.857. The van der Waals surface area contributed by atoms with Crippen molar-refractivity contribution < 1.29 is 13.6 Å². The van der Waals surface area contributed by atoms with Gasteiger partial charge in [0.15, 0.2) is 0 Å². The van der Waals surface area contributed by atoms with Gasteiger partial charge in [-0.1, -0.05) is 12.2 Å². The van der Waals surface area contributed by atoms with Crippen LogP contribution in [0.1, 0.15) is 13.8 Å². The predicted molar refractivity (Wildman–Crippen MR) is 57.4 cm³/mol. The van der Waals surface area contributed by atoms with Crippen molar-refractivity contribution in [2.75, 3.05) is 26.4 Å². The summed E-state index contributed by atoms with van der Waals surface area (Å²) in [6.45, 7) is 4.27. The second kappa shape index (κ2) is 6.49. The van der Waals surface area contributed by atoms with Crippen molar-refractivity contribution in [3.05, 3.63) is 0 Å². The number of nitrogens with one attached hydrogen (secondary N) is 1. The van der Waals surface area contributed by atoms with E-state index in [1.807, 2.05) is 0 Å². The van der Waals surface area contributed by atoms with E-state index in [1.54, 1.807) is 20.9 Å². The van der Waals surface area contributed by atoms with Crippen LogP contribution in [0, 0.1) is 0 Å². The highest BCUT2D eigenvalue weighted by molar-refractivity contribution is 7.81. The predicted octanol–water partition coefficient (Wildman–Crippen LogP) is 1.80. The van der Waals surface area contributed by atoms with Crippen LogP contribution in [0.3, 0.4) is 0 Å². The summed E-state index contributed by atoms with van der Waals surface area (Å²) in [4.78, 5) is 0.491. The first-order valence-electron chi connectivity index (χ1n) is 4.16. The Morgan fingerprint density at radius 3 is 2.15 bits per heavy atom. The van der Waals surface area contributed by atoms with Crippen molar-refractivity contribution in [2.24, 2.45) is 0 Å². The van der Waals surface area contributed by atoms with Crippen LogP contribution in [-0.4, -0.2) is 31.4 Å². The van der Waals surface area contributed by atoms with E-state index in [-0.39, 0.29) is 6.16 Å². The van der Waals surface area contributed by atoms with Gasteiger partial charge in [-0.05, 0) is 13.8 Å². The monoisotopic (exact) mass is 225 g/mol. The number of thiocarbonyl (C=S) groups is 1. The number of hydrogen-bond donors (Lipinski definition) is 1. The Morgan fingerprint density at radius 1 is 1.38 bits per heavy atom. The van der Waals surface area contributed by atoms with Crippen LogP contribution < -0.4 is 5.32 Å². The first-order chi connectivity index (χ1) is 6.08. The Morgan fingerprint density at radius 2 is 1.85 bits per heavy atom. The largest absolute Gasteiger partial charge is 0.382 e. The lowest BCUT2D eigenvalue weighted by molar-refractivity contribution is 0.223. The highest BCUT2D eigenvalue weighted by atomic mass is 32.1. The summed E-state index contributed by atoms with van der Waals surface area (Å²) >= 11 is 4.89. The fourth-order valence-corrected chi connectivity index (χ4v) is 2.80. The minimum Gasteiger partial charge on any atom is -0.382 e. The SMILES string of the molecule is CCOP(=O)(CC(=S)NC)OCC. The molecule has 0 aromatic heterocycles. The highest BCUT2D eigenvalue weighted by Crippen LogP contribution is 2.47. The van der Waals surface area contributed by atoms with Gasteiger partial charge in [0.25, 0.3) is 0 Å². The van der Waals surface area contributed by atoms with Gasteiger partial charge in [-0.3, -0.25) is 4.57 Å². The first kappa shape index (κ1) is 13.0. The van der Waals surface area contributed by atoms with Crippen LogP contribution in [-0.2, 0) is 13.6 Å². The molecule has 0 saturated carbocycles. The van der Waals surface area contributed by atoms with E-state index >= 15 is 0 Å². The zero-order valence-electron chi connectivity index (χ0n) is 8.20. The van der Waals surface area contributed by atoms with Gasteiger partial charge in [-0.2, -0.15) is 0 Å². The highest BCUT2D eigenvalue weighted by Gasteiger charge is 2.24. The van der Waals surface area contributed by atoms with E-state index in [9.17, 15) is 4.57 Å². The van der Waals surface area contributed by atoms with Crippen molar-refractivity contribution in [3.63, 3.8) is 0 Å². The second-order valence-corrected chi connectivity index (χ2v) is 4.82. The third-order valence-corrected chi connectivity index (χ3v) is 3.84. The molecule has 0 unspecified atom stereocenters. The molecular weight excluding hydrogens is 209 g/mol. The summed E-state index contributed by atoms with van der Waals surface area (Å²) in [7, 11) is -1.31. The summed E-state index contributed by atoms with van der Waals surface area (Å²) in [5, 5.41) is 2.74. The Hall–Kier alpha value is 0.0400. The molecule has 0 radical (unpaired) electrons. The molecule has 0 bridgehead atoms. The van der Waals surface area contributed by atoms with Crippen molar-refractivity contribution in [1.82, 2.24) is 5.32 Å². The van der Waals surface area contributed by atoms with Gasteiger partial charge in [-0.15, -0.1) is 0 Å². The van der Waals surface area contributed by atoms with Gasteiger partial charge < -0.3 is 14.4 Å². The summed E-state index contributed by atoms with van der Waals surface area (Å²) in [5.41, 5.74) is 0. The molecule has 13 heavy (non-hydrogen) atoms. The maximum absolute atomic E-state index is 11.8. The van der Waals surface area contributed by atoms with Gasteiger partial charge in [0.2, 0.25) is 0 Å². The normalized spacial score (nSPS) is 11.3. The maximum Gasteiger partial charge on any atom is 0.337 e. The van der Waals surface area contributed by atoms with Crippen LogP contribution >= 0.6 is 19.8 Å². The molecule has 0 amide bonds. The maximum atomic E-state index is 11.8. The molecule has 0 saturated heterocycles. The van der Waals surface area contributed by atoms with Crippen molar-refractivity contribution >= 4 is 24.8 Å². The Kier molecular flexibility index (Phi) is 6.51. The molecule has 78 valence electrons. The van der Waals surface area contributed by atoms with Crippen LogP contribution in [0.5, 0.6) is 0 Å². The smallest absolute Gasteiger partial charge is 0.337 e. The standard InChI is InChI=1S/C7H16NO3PS/c1-4-10-12(9,11-5-2)6-7(13)8-3/h4-6H2,1-3H3,(H,8,13). The summed E-state index contributed by atoms with van der Waals surface area (Å²) in [6.07, 6.45) is 0.153. The molecule has 0 aliphatic heterocycles. The Balaban J connectivity index is 4.23. The third kappa shape index (κ3) is 5.37. The van der Waals surface area contributed by atoms with Gasteiger partial charge in [0.1, 0.15) is 6.16 Å². The molecule has 6 heteroatoms. The molecule has 4 nitrogen and oxygen atoms in total. The number of hydrogen-bond acceptors (Lipinski definition) is 4. The van der Waals surface area contributed by atoms with Gasteiger partial charge >= 0.3 is 7.60 Å². The molecule has 0 atom stereocenters. The average molecular weight is 225 g/mol. The molecule has 0 rings (SSSR count). The van der Waals surface area contributed by atoms with Crippen LogP contribution in [0.25, 0.3) is 0 Å². The summed E-state index contributed by atoms with van der Waals surface area (Å²) < 4.78 is 21.9. The van der Waals surface area contributed by atoms with Crippen LogP contribution in [0.15, 0.2) is 0 Å². The molecule has 0 spiro atoms. The lowest BCUT2D eigenvalue weighted by Crippen LogP contribution is -2.20. The minimum atomic E-state index is -3.00. The minimum absolute atomic E-state index is 0.153. The summed E-state index contributed by atoms with van der Waals surface area (Å²) in [5.74, 6) is 0. The van der Waals surface area contributed by atoms with E-state index in [0.717, 1.165) is 0 Å². The molecule has 0 aromatic carbocycles. The number of rotatable bonds is 6. The molecule has 0 aliphatic carbocycles. The van der Waals surface area contributed by atoms with E-state index < -0.39 is 7.60 Å². The molecule has 0 fully saturated rings. The van der Waals surface area contributed by atoms with E-state index in [2.05, 4.69) is 5.32 Å². The van der Waals surface area contributed by atoms with E-state index in [1.165, 1.54) is 0 Å². The lowest BCUT2D eigenvalue weighted by Gasteiger charge is -2.16. The topological polar surface area (TPSA) is 47.6 Å². The molecular formula is C7H16NO3PS. The molecule has 0 heterocycles. The van der Waals surface area contributed by atoms with E-state index in [0.29, 0.717) is 18.2 Å². The average Bonchev–Trinajstić information content (AvgIpc) is 2.04. The Bertz CT molecular complexity index is 200. The van der Waals surface area contributed by atoms with Gasteiger partial charge in [0.05, 0.1) is 18.2 Å².